The molecule has 0 unspecified atom stereocenters. The fraction of sp³-hybridized carbons (Fsp3) is 0.429. The van der Waals surface area contributed by atoms with Gasteiger partial charge in [0.1, 0.15) is 0 Å². The van der Waals surface area contributed by atoms with Crippen LogP contribution in [-0.4, -0.2) is 23.2 Å². The molecule has 1 fully saturated rings. The summed E-state index contributed by atoms with van der Waals surface area (Å²) in [7, 11) is 0. The number of rotatable bonds is 3. The molecule has 2 heterocycles. The first kappa shape index (κ1) is 11.4. The summed E-state index contributed by atoms with van der Waals surface area (Å²) < 4.78 is 5.32. The topological polar surface area (TPSA) is 51.0 Å². The summed E-state index contributed by atoms with van der Waals surface area (Å²) in [5.74, 6) is 2.08. The van der Waals surface area contributed by atoms with Crippen LogP contribution < -0.4 is 5.32 Å². The van der Waals surface area contributed by atoms with E-state index < -0.39 is 0 Å². The molecule has 1 aliphatic rings. The van der Waals surface area contributed by atoms with Gasteiger partial charge in [-0.15, -0.1) is 0 Å². The Labute approximate surface area is 106 Å². The van der Waals surface area contributed by atoms with Crippen LogP contribution in [0.25, 0.3) is 11.4 Å². The van der Waals surface area contributed by atoms with Gasteiger partial charge in [0.2, 0.25) is 11.7 Å². The van der Waals surface area contributed by atoms with Gasteiger partial charge in [-0.25, -0.2) is 0 Å². The van der Waals surface area contributed by atoms with Gasteiger partial charge in [-0.3, -0.25) is 0 Å². The highest BCUT2D eigenvalue weighted by Gasteiger charge is 2.18. The van der Waals surface area contributed by atoms with Crippen molar-refractivity contribution in [2.24, 2.45) is 5.92 Å². The second-order valence-electron chi connectivity index (χ2n) is 4.94. The van der Waals surface area contributed by atoms with Crippen molar-refractivity contribution in [1.29, 1.82) is 0 Å². The summed E-state index contributed by atoms with van der Waals surface area (Å²) in [4.78, 5) is 4.47. The van der Waals surface area contributed by atoms with Crippen LogP contribution in [0.2, 0.25) is 0 Å². The molecule has 0 saturated carbocycles. The van der Waals surface area contributed by atoms with Gasteiger partial charge in [-0.2, -0.15) is 4.98 Å². The molecule has 4 nitrogen and oxygen atoms in total. The first-order valence-corrected chi connectivity index (χ1v) is 6.41. The molecule has 18 heavy (non-hydrogen) atoms. The van der Waals surface area contributed by atoms with Crippen molar-refractivity contribution >= 4 is 0 Å². The van der Waals surface area contributed by atoms with Crippen LogP contribution in [-0.2, 0) is 6.42 Å². The van der Waals surface area contributed by atoms with E-state index >= 15 is 0 Å². The normalized spacial score (nSPS) is 19.3. The molecular weight excluding hydrogens is 226 g/mol. The van der Waals surface area contributed by atoms with Crippen LogP contribution in [0.3, 0.4) is 0 Å². The molecule has 2 aromatic rings. The average Bonchev–Trinajstić information content (AvgIpc) is 3.02. The SMILES string of the molecule is Cc1ccc(-c2noc(C[C@@H]3CCNC3)n2)cc1. The maximum Gasteiger partial charge on any atom is 0.227 e. The third-order valence-electron chi connectivity index (χ3n) is 3.40. The monoisotopic (exact) mass is 243 g/mol. The molecule has 0 spiro atoms. The Morgan fingerprint density at radius 1 is 1.33 bits per heavy atom. The van der Waals surface area contributed by atoms with Crippen LogP contribution in [0.5, 0.6) is 0 Å². The van der Waals surface area contributed by atoms with E-state index in [9.17, 15) is 0 Å². The van der Waals surface area contributed by atoms with Gasteiger partial charge in [0.15, 0.2) is 0 Å². The van der Waals surface area contributed by atoms with E-state index in [1.807, 2.05) is 12.1 Å². The summed E-state index contributed by atoms with van der Waals surface area (Å²) in [6, 6.07) is 8.18. The van der Waals surface area contributed by atoms with E-state index in [-0.39, 0.29) is 0 Å². The van der Waals surface area contributed by atoms with Crippen LogP contribution in [0.15, 0.2) is 28.8 Å². The van der Waals surface area contributed by atoms with E-state index in [0.717, 1.165) is 31.0 Å². The lowest BCUT2D eigenvalue weighted by molar-refractivity contribution is 0.358. The standard InChI is InChI=1S/C14H17N3O/c1-10-2-4-12(5-3-10)14-16-13(18-17-14)8-11-6-7-15-9-11/h2-5,11,15H,6-9H2,1H3/t11-/m0/s1. The summed E-state index contributed by atoms with van der Waals surface area (Å²) >= 11 is 0. The van der Waals surface area contributed by atoms with Gasteiger partial charge >= 0.3 is 0 Å². The number of aromatic nitrogens is 2. The van der Waals surface area contributed by atoms with Gasteiger partial charge in [0.25, 0.3) is 0 Å². The van der Waals surface area contributed by atoms with Crippen molar-refractivity contribution in [2.75, 3.05) is 13.1 Å². The van der Waals surface area contributed by atoms with E-state index in [2.05, 4.69) is 34.5 Å². The molecule has 3 rings (SSSR count). The lowest BCUT2D eigenvalue weighted by atomic mass is 10.1. The number of nitrogens with zero attached hydrogens (tertiary/aromatic N) is 2. The molecule has 0 aliphatic carbocycles. The zero-order valence-corrected chi connectivity index (χ0v) is 10.5. The molecule has 1 N–H and O–H groups in total. The molecular formula is C14H17N3O. The van der Waals surface area contributed by atoms with Crippen molar-refractivity contribution in [3.63, 3.8) is 0 Å². The Balaban J connectivity index is 1.74. The molecule has 1 aromatic heterocycles. The fourth-order valence-corrected chi connectivity index (χ4v) is 2.29. The summed E-state index contributed by atoms with van der Waals surface area (Å²) in [6.07, 6.45) is 2.08. The number of hydrogen-bond donors (Lipinski definition) is 1. The van der Waals surface area contributed by atoms with Crippen molar-refractivity contribution in [3.05, 3.63) is 35.7 Å². The smallest absolute Gasteiger partial charge is 0.227 e. The number of hydrogen-bond acceptors (Lipinski definition) is 4. The second kappa shape index (κ2) is 4.90. The minimum Gasteiger partial charge on any atom is -0.339 e. The molecule has 1 atom stereocenters. The van der Waals surface area contributed by atoms with Crippen LogP contribution in [0.4, 0.5) is 0 Å². The van der Waals surface area contributed by atoms with Gasteiger partial charge in [0.05, 0.1) is 0 Å². The van der Waals surface area contributed by atoms with E-state index in [1.54, 1.807) is 0 Å². The van der Waals surface area contributed by atoms with Gasteiger partial charge < -0.3 is 9.84 Å². The summed E-state index contributed by atoms with van der Waals surface area (Å²) in [5.41, 5.74) is 2.25. The molecule has 94 valence electrons. The Bertz CT molecular complexity index is 512. The first-order chi connectivity index (χ1) is 8.81. The lowest BCUT2D eigenvalue weighted by Crippen LogP contribution is -2.10. The largest absolute Gasteiger partial charge is 0.339 e. The van der Waals surface area contributed by atoms with E-state index in [1.165, 1.54) is 12.0 Å². The molecule has 1 aliphatic heterocycles. The predicted octanol–water partition coefficient (Wildman–Crippen LogP) is 2.20. The van der Waals surface area contributed by atoms with Crippen molar-refractivity contribution < 1.29 is 4.52 Å². The molecule has 4 heteroatoms. The number of nitrogens with one attached hydrogen (secondary N) is 1. The Kier molecular flexibility index (Phi) is 3.11. The third-order valence-corrected chi connectivity index (χ3v) is 3.40. The molecule has 1 aromatic carbocycles. The van der Waals surface area contributed by atoms with Crippen molar-refractivity contribution in [3.8, 4) is 11.4 Å². The van der Waals surface area contributed by atoms with Crippen molar-refractivity contribution in [1.82, 2.24) is 15.5 Å². The number of benzene rings is 1. The highest BCUT2D eigenvalue weighted by Crippen LogP contribution is 2.19. The summed E-state index contributed by atoms with van der Waals surface area (Å²) in [5, 5.41) is 7.40. The second-order valence-corrected chi connectivity index (χ2v) is 4.94. The predicted molar refractivity (Wildman–Crippen MR) is 69.2 cm³/mol. The van der Waals surface area contributed by atoms with Gasteiger partial charge in [0, 0.05) is 12.0 Å². The molecule has 0 bridgehead atoms. The Morgan fingerprint density at radius 3 is 2.89 bits per heavy atom. The van der Waals surface area contributed by atoms with Gasteiger partial charge in [-0.05, 0) is 32.4 Å². The van der Waals surface area contributed by atoms with Crippen LogP contribution >= 0.6 is 0 Å². The minimum atomic E-state index is 0.635. The molecule has 0 radical (unpaired) electrons. The minimum absolute atomic E-state index is 0.635. The highest BCUT2D eigenvalue weighted by molar-refractivity contribution is 5.54. The van der Waals surface area contributed by atoms with Crippen molar-refractivity contribution in [2.45, 2.75) is 19.8 Å². The van der Waals surface area contributed by atoms with E-state index in [4.69, 9.17) is 4.52 Å². The van der Waals surface area contributed by atoms with Crippen LogP contribution in [0.1, 0.15) is 17.9 Å². The number of aryl methyl sites for hydroxylation is 1. The maximum atomic E-state index is 5.32. The molecule has 1 saturated heterocycles. The highest BCUT2D eigenvalue weighted by atomic mass is 16.5. The zero-order chi connectivity index (χ0) is 12.4. The van der Waals surface area contributed by atoms with Crippen LogP contribution in [0, 0.1) is 12.8 Å². The zero-order valence-electron chi connectivity index (χ0n) is 10.5. The Morgan fingerprint density at radius 2 is 2.17 bits per heavy atom. The summed E-state index contributed by atoms with van der Waals surface area (Å²) in [6.45, 7) is 4.23. The fourth-order valence-electron chi connectivity index (χ4n) is 2.29. The molecule has 0 amide bonds. The van der Waals surface area contributed by atoms with E-state index in [0.29, 0.717) is 11.7 Å². The average molecular weight is 243 g/mol. The Hall–Kier alpha value is -1.68. The lowest BCUT2D eigenvalue weighted by Gasteiger charge is -2.01. The third kappa shape index (κ3) is 2.43. The first-order valence-electron chi connectivity index (χ1n) is 6.41. The quantitative estimate of drug-likeness (QED) is 0.897. The van der Waals surface area contributed by atoms with Gasteiger partial charge in [-0.1, -0.05) is 35.0 Å². The maximum absolute atomic E-state index is 5.32.